The van der Waals surface area contributed by atoms with E-state index in [1.54, 1.807) is 0 Å². The molecule has 0 bridgehead atoms. The van der Waals surface area contributed by atoms with Gasteiger partial charge in [0.1, 0.15) is 0 Å². The van der Waals surface area contributed by atoms with E-state index in [0.29, 0.717) is 0 Å². The molecule has 0 atom stereocenters. The molecule has 0 aromatic carbocycles. The summed E-state index contributed by atoms with van der Waals surface area (Å²) in [6.07, 6.45) is 0. The summed E-state index contributed by atoms with van der Waals surface area (Å²) in [6.45, 7) is 0.751. The molecule has 0 unspecified atom stereocenters. The van der Waals surface area contributed by atoms with Gasteiger partial charge < -0.3 is 15.5 Å². The van der Waals surface area contributed by atoms with Crippen molar-refractivity contribution in [2.75, 3.05) is 13.2 Å². The number of nitrogens with one attached hydrogen (secondary N) is 1. The molecule has 0 spiro atoms. The van der Waals surface area contributed by atoms with Crippen molar-refractivity contribution in [3.05, 3.63) is 23.0 Å². The molecule has 6 nitrogen and oxygen atoms in total. The van der Waals surface area contributed by atoms with Crippen LogP contribution in [0.15, 0.2) is 12.1 Å². The summed E-state index contributed by atoms with van der Waals surface area (Å²) >= 11 is 5.52. The Labute approximate surface area is 97.3 Å². The fraction of sp³-hybridized carbons (Fsp3) is 0.444. The number of hydrogen-bond donors (Lipinski definition) is 3. The number of aromatic nitrogens is 2. The van der Waals surface area contributed by atoms with Crippen LogP contribution in [0.5, 0.6) is 0 Å². The van der Waals surface area contributed by atoms with Gasteiger partial charge in [0.05, 0.1) is 18.8 Å². The Morgan fingerprint density at radius 3 is 2.50 bits per heavy atom. The van der Waals surface area contributed by atoms with Crippen molar-refractivity contribution in [3.8, 4) is 0 Å². The van der Waals surface area contributed by atoms with Gasteiger partial charge in [-0.25, -0.2) is 0 Å². The van der Waals surface area contributed by atoms with Crippen LogP contribution in [0.1, 0.15) is 17.4 Å². The smallest absolute Gasteiger partial charge is 0.272 e. The van der Waals surface area contributed by atoms with Crippen LogP contribution in [0, 0.1) is 0 Å². The van der Waals surface area contributed by atoms with Crippen LogP contribution in [0.25, 0.3) is 0 Å². The van der Waals surface area contributed by atoms with Gasteiger partial charge in [-0.3, -0.25) is 4.79 Å². The van der Waals surface area contributed by atoms with Crippen LogP contribution in [0.3, 0.4) is 0 Å². The predicted molar refractivity (Wildman–Crippen MR) is 57.1 cm³/mol. The minimum absolute atomic E-state index is 0.0672. The minimum atomic E-state index is -1.08. The first kappa shape index (κ1) is 12.8. The van der Waals surface area contributed by atoms with Crippen molar-refractivity contribution >= 4 is 17.5 Å². The Balaban J connectivity index is 2.76. The molecule has 1 aromatic heterocycles. The van der Waals surface area contributed by atoms with Crippen molar-refractivity contribution in [1.82, 2.24) is 15.5 Å². The zero-order valence-corrected chi connectivity index (χ0v) is 9.40. The van der Waals surface area contributed by atoms with E-state index in [2.05, 4.69) is 15.5 Å². The quantitative estimate of drug-likeness (QED) is 0.671. The molecule has 1 rings (SSSR count). The SMILES string of the molecule is CC(CO)(CO)NC(=O)c1ccc(Cl)nn1. The highest BCUT2D eigenvalue weighted by atomic mass is 35.5. The first-order valence-corrected chi connectivity index (χ1v) is 4.92. The van der Waals surface area contributed by atoms with Gasteiger partial charge in [0.25, 0.3) is 5.91 Å². The van der Waals surface area contributed by atoms with Gasteiger partial charge >= 0.3 is 0 Å². The molecular weight excluding hydrogens is 234 g/mol. The van der Waals surface area contributed by atoms with E-state index in [1.807, 2.05) is 0 Å². The maximum Gasteiger partial charge on any atom is 0.272 e. The Hall–Kier alpha value is -1.24. The van der Waals surface area contributed by atoms with E-state index >= 15 is 0 Å². The summed E-state index contributed by atoms with van der Waals surface area (Å²) in [4.78, 5) is 11.6. The van der Waals surface area contributed by atoms with Crippen LogP contribution >= 0.6 is 11.6 Å². The number of halogens is 1. The van der Waals surface area contributed by atoms with Crippen LogP contribution in [0.4, 0.5) is 0 Å². The standard InChI is InChI=1S/C9H12ClN3O3/c1-9(4-14,5-15)11-8(16)6-2-3-7(10)13-12-6/h2-3,14-15H,4-5H2,1H3,(H,11,16). The highest BCUT2D eigenvalue weighted by Gasteiger charge is 2.25. The molecule has 0 aliphatic carbocycles. The Kier molecular flexibility index (Phi) is 4.17. The van der Waals surface area contributed by atoms with Crippen LogP contribution in [0.2, 0.25) is 5.15 Å². The van der Waals surface area contributed by atoms with E-state index in [-0.39, 0.29) is 24.1 Å². The fourth-order valence-corrected chi connectivity index (χ4v) is 1.01. The van der Waals surface area contributed by atoms with E-state index in [9.17, 15) is 4.79 Å². The lowest BCUT2D eigenvalue weighted by Gasteiger charge is -2.25. The second-order valence-electron chi connectivity index (χ2n) is 3.57. The van der Waals surface area contributed by atoms with E-state index in [0.717, 1.165) is 0 Å². The minimum Gasteiger partial charge on any atom is -0.394 e. The molecule has 0 aliphatic heterocycles. The molecule has 0 aliphatic rings. The van der Waals surface area contributed by atoms with Gasteiger partial charge in [-0.2, -0.15) is 0 Å². The predicted octanol–water partition coefficient (Wildman–Crippen LogP) is -0.397. The lowest BCUT2D eigenvalue weighted by molar-refractivity contribution is 0.0718. The van der Waals surface area contributed by atoms with Gasteiger partial charge in [-0.05, 0) is 19.1 Å². The molecule has 0 saturated carbocycles. The van der Waals surface area contributed by atoms with Gasteiger partial charge in [0, 0.05) is 0 Å². The van der Waals surface area contributed by atoms with E-state index in [4.69, 9.17) is 21.8 Å². The number of aliphatic hydroxyl groups excluding tert-OH is 2. The Bertz CT molecular complexity index is 365. The zero-order valence-electron chi connectivity index (χ0n) is 8.64. The third-order valence-corrected chi connectivity index (χ3v) is 2.18. The third kappa shape index (κ3) is 3.13. The number of nitrogens with zero attached hydrogens (tertiary/aromatic N) is 2. The molecule has 16 heavy (non-hydrogen) atoms. The molecule has 0 saturated heterocycles. The molecular formula is C9H12ClN3O3. The summed E-state index contributed by atoms with van der Waals surface area (Å²) in [5, 5.41) is 27.7. The van der Waals surface area contributed by atoms with Crippen LogP contribution in [-0.2, 0) is 0 Å². The van der Waals surface area contributed by atoms with Crippen molar-refractivity contribution in [2.45, 2.75) is 12.5 Å². The van der Waals surface area contributed by atoms with E-state index < -0.39 is 11.4 Å². The number of hydrogen-bond acceptors (Lipinski definition) is 5. The second kappa shape index (κ2) is 5.20. The highest BCUT2D eigenvalue weighted by Crippen LogP contribution is 2.05. The molecule has 0 radical (unpaired) electrons. The molecule has 7 heteroatoms. The summed E-state index contributed by atoms with van der Waals surface area (Å²) in [5.74, 6) is -0.533. The lowest BCUT2D eigenvalue weighted by Crippen LogP contribution is -2.51. The second-order valence-corrected chi connectivity index (χ2v) is 3.96. The average Bonchev–Trinajstić information content (AvgIpc) is 2.29. The van der Waals surface area contributed by atoms with Crippen molar-refractivity contribution in [1.29, 1.82) is 0 Å². The fourth-order valence-electron chi connectivity index (χ4n) is 0.904. The average molecular weight is 246 g/mol. The molecule has 3 N–H and O–H groups in total. The zero-order chi connectivity index (χ0) is 12.2. The van der Waals surface area contributed by atoms with E-state index in [1.165, 1.54) is 19.1 Å². The highest BCUT2D eigenvalue weighted by molar-refractivity contribution is 6.29. The number of aliphatic hydroxyl groups is 2. The first-order chi connectivity index (χ1) is 7.50. The summed E-state index contributed by atoms with van der Waals surface area (Å²) < 4.78 is 0. The summed E-state index contributed by atoms with van der Waals surface area (Å²) in [5.41, 5.74) is -1.02. The normalized spacial score (nSPS) is 11.2. The monoisotopic (exact) mass is 245 g/mol. The third-order valence-electron chi connectivity index (χ3n) is 1.98. The maximum atomic E-state index is 11.6. The Morgan fingerprint density at radius 1 is 1.44 bits per heavy atom. The lowest BCUT2D eigenvalue weighted by atomic mass is 10.1. The molecule has 1 aromatic rings. The van der Waals surface area contributed by atoms with Gasteiger partial charge in [0.2, 0.25) is 0 Å². The molecule has 1 heterocycles. The van der Waals surface area contributed by atoms with Gasteiger partial charge in [0.15, 0.2) is 10.8 Å². The van der Waals surface area contributed by atoms with Crippen molar-refractivity contribution < 1.29 is 15.0 Å². The number of rotatable bonds is 4. The topological polar surface area (TPSA) is 95.3 Å². The van der Waals surface area contributed by atoms with Gasteiger partial charge in [-0.15, -0.1) is 10.2 Å². The largest absolute Gasteiger partial charge is 0.394 e. The Morgan fingerprint density at radius 2 is 2.06 bits per heavy atom. The maximum absolute atomic E-state index is 11.6. The van der Waals surface area contributed by atoms with Gasteiger partial charge in [-0.1, -0.05) is 11.6 Å². The molecule has 88 valence electrons. The van der Waals surface area contributed by atoms with Crippen molar-refractivity contribution in [2.24, 2.45) is 0 Å². The number of carbonyl (C=O) groups is 1. The molecule has 0 fully saturated rings. The van der Waals surface area contributed by atoms with Crippen molar-refractivity contribution in [3.63, 3.8) is 0 Å². The summed E-state index contributed by atoms with van der Waals surface area (Å²) in [7, 11) is 0. The van der Waals surface area contributed by atoms with Crippen LogP contribution < -0.4 is 5.32 Å². The molecule has 1 amide bonds. The first-order valence-electron chi connectivity index (χ1n) is 4.54. The van der Waals surface area contributed by atoms with Crippen LogP contribution in [-0.4, -0.2) is 45.1 Å². The number of amides is 1. The summed E-state index contributed by atoms with van der Waals surface area (Å²) in [6, 6.07) is 2.83. The number of carbonyl (C=O) groups excluding carboxylic acids is 1.